The average molecular weight is 283 g/mol. The molecule has 0 radical (unpaired) electrons. The number of carbonyl (C=O) groups excluding carboxylic acids is 1. The first kappa shape index (κ1) is 14.1. The van der Waals surface area contributed by atoms with E-state index in [1.165, 1.54) is 31.5 Å². The van der Waals surface area contributed by atoms with Crippen LogP contribution >= 0.6 is 0 Å². The zero-order valence-corrected chi connectivity index (χ0v) is 12.4. The van der Waals surface area contributed by atoms with Gasteiger partial charge in [0, 0.05) is 18.7 Å². The molecule has 1 aromatic heterocycles. The third-order valence-electron chi connectivity index (χ3n) is 4.10. The minimum absolute atomic E-state index is 0.375. The molecule has 2 heterocycles. The fourth-order valence-corrected chi connectivity index (χ4v) is 3.08. The SMILES string of the molecule is CC1CCCN(Cc2cccc(-c3ccc(C=O)o3)c2)C1. The van der Waals surface area contributed by atoms with E-state index in [-0.39, 0.29) is 0 Å². The molecule has 1 atom stereocenters. The highest BCUT2D eigenvalue weighted by Gasteiger charge is 2.16. The van der Waals surface area contributed by atoms with E-state index in [0.717, 1.165) is 30.1 Å². The van der Waals surface area contributed by atoms with Gasteiger partial charge in [-0.05, 0) is 49.1 Å². The van der Waals surface area contributed by atoms with Crippen LogP contribution in [0.25, 0.3) is 11.3 Å². The second-order valence-corrected chi connectivity index (χ2v) is 6.00. The summed E-state index contributed by atoms with van der Waals surface area (Å²) in [6.45, 7) is 5.68. The highest BCUT2D eigenvalue weighted by atomic mass is 16.3. The molecule has 0 saturated carbocycles. The predicted molar refractivity (Wildman–Crippen MR) is 83.2 cm³/mol. The number of piperidine rings is 1. The van der Waals surface area contributed by atoms with Gasteiger partial charge >= 0.3 is 0 Å². The Hall–Kier alpha value is -1.87. The normalized spacial score (nSPS) is 19.6. The van der Waals surface area contributed by atoms with Crippen LogP contribution in [0, 0.1) is 5.92 Å². The first-order valence-corrected chi connectivity index (χ1v) is 7.61. The van der Waals surface area contributed by atoms with Gasteiger partial charge in [-0.25, -0.2) is 0 Å². The van der Waals surface area contributed by atoms with Crippen LogP contribution in [-0.4, -0.2) is 24.3 Å². The van der Waals surface area contributed by atoms with E-state index in [9.17, 15) is 4.79 Å². The van der Waals surface area contributed by atoms with Crippen LogP contribution in [0.3, 0.4) is 0 Å². The van der Waals surface area contributed by atoms with Crippen molar-refractivity contribution in [2.45, 2.75) is 26.3 Å². The molecule has 3 rings (SSSR count). The molecule has 1 aromatic carbocycles. The maximum Gasteiger partial charge on any atom is 0.185 e. The Balaban J connectivity index is 1.75. The molecule has 0 bridgehead atoms. The number of nitrogens with zero attached hydrogens (tertiary/aromatic N) is 1. The summed E-state index contributed by atoms with van der Waals surface area (Å²) in [6.07, 6.45) is 3.38. The molecule has 0 amide bonds. The standard InChI is InChI=1S/C18H21NO2/c1-14-4-3-9-19(11-14)12-15-5-2-6-16(10-15)18-8-7-17(13-20)21-18/h2,5-8,10,13-14H,3-4,9,11-12H2,1H3. The van der Waals surface area contributed by atoms with Crippen LogP contribution in [0.5, 0.6) is 0 Å². The van der Waals surface area contributed by atoms with Crippen molar-refractivity contribution in [2.75, 3.05) is 13.1 Å². The number of rotatable bonds is 4. The second-order valence-electron chi connectivity index (χ2n) is 6.00. The van der Waals surface area contributed by atoms with Gasteiger partial charge in [0.1, 0.15) is 5.76 Å². The zero-order valence-electron chi connectivity index (χ0n) is 12.4. The molecule has 0 spiro atoms. The Bertz CT molecular complexity index is 617. The molecule has 1 unspecified atom stereocenters. The second kappa shape index (κ2) is 6.27. The molecule has 0 N–H and O–H groups in total. The summed E-state index contributed by atoms with van der Waals surface area (Å²) in [5.41, 5.74) is 2.33. The van der Waals surface area contributed by atoms with Gasteiger partial charge in [0.15, 0.2) is 12.0 Å². The summed E-state index contributed by atoms with van der Waals surface area (Å²) >= 11 is 0. The highest BCUT2D eigenvalue weighted by Crippen LogP contribution is 2.24. The highest BCUT2D eigenvalue weighted by molar-refractivity contribution is 5.72. The topological polar surface area (TPSA) is 33.5 Å². The Kier molecular flexibility index (Phi) is 4.20. The molecule has 110 valence electrons. The van der Waals surface area contributed by atoms with Crippen molar-refractivity contribution in [2.24, 2.45) is 5.92 Å². The summed E-state index contributed by atoms with van der Waals surface area (Å²) in [5.74, 6) is 1.92. The fraction of sp³-hybridized carbons (Fsp3) is 0.389. The molecule has 1 saturated heterocycles. The van der Waals surface area contributed by atoms with E-state index >= 15 is 0 Å². The van der Waals surface area contributed by atoms with Crippen LogP contribution in [0.15, 0.2) is 40.8 Å². The van der Waals surface area contributed by atoms with E-state index in [0.29, 0.717) is 5.76 Å². The summed E-state index contributed by atoms with van der Waals surface area (Å²) < 4.78 is 5.50. The molecule has 3 heteroatoms. The number of likely N-dealkylation sites (tertiary alicyclic amines) is 1. The van der Waals surface area contributed by atoms with E-state index in [1.807, 2.05) is 12.1 Å². The Morgan fingerprint density at radius 1 is 1.33 bits per heavy atom. The predicted octanol–water partition coefficient (Wildman–Crippen LogP) is 3.99. The van der Waals surface area contributed by atoms with E-state index in [4.69, 9.17) is 4.42 Å². The minimum atomic E-state index is 0.375. The van der Waals surface area contributed by atoms with E-state index < -0.39 is 0 Å². The van der Waals surface area contributed by atoms with Crippen LogP contribution in [0.4, 0.5) is 0 Å². The summed E-state index contributed by atoms with van der Waals surface area (Å²) in [4.78, 5) is 13.2. The Labute approximate surface area is 125 Å². The largest absolute Gasteiger partial charge is 0.453 e. The summed E-state index contributed by atoms with van der Waals surface area (Å²) in [5, 5.41) is 0. The number of carbonyl (C=O) groups is 1. The third-order valence-corrected chi connectivity index (χ3v) is 4.10. The smallest absolute Gasteiger partial charge is 0.185 e. The van der Waals surface area contributed by atoms with Crippen molar-refractivity contribution in [3.8, 4) is 11.3 Å². The first-order valence-electron chi connectivity index (χ1n) is 7.61. The van der Waals surface area contributed by atoms with E-state index in [1.54, 1.807) is 6.07 Å². The molecular weight excluding hydrogens is 262 g/mol. The molecule has 3 nitrogen and oxygen atoms in total. The fourth-order valence-electron chi connectivity index (χ4n) is 3.08. The maximum atomic E-state index is 10.7. The summed E-state index contributed by atoms with van der Waals surface area (Å²) in [6, 6.07) is 12.0. The molecule has 1 aliphatic heterocycles. The quantitative estimate of drug-likeness (QED) is 0.795. The number of hydrogen-bond donors (Lipinski definition) is 0. The maximum absolute atomic E-state index is 10.7. The molecule has 1 aliphatic rings. The van der Waals surface area contributed by atoms with Gasteiger partial charge in [0.2, 0.25) is 0 Å². The van der Waals surface area contributed by atoms with Crippen molar-refractivity contribution < 1.29 is 9.21 Å². The zero-order chi connectivity index (χ0) is 14.7. The van der Waals surface area contributed by atoms with Gasteiger partial charge in [-0.2, -0.15) is 0 Å². The molecule has 0 aliphatic carbocycles. The van der Waals surface area contributed by atoms with Crippen molar-refractivity contribution in [1.82, 2.24) is 4.90 Å². The van der Waals surface area contributed by atoms with Gasteiger partial charge < -0.3 is 4.42 Å². The molecular formula is C18H21NO2. The van der Waals surface area contributed by atoms with Crippen LogP contribution < -0.4 is 0 Å². The van der Waals surface area contributed by atoms with Gasteiger partial charge in [-0.3, -0.25) is 9.69 Å². The van der Waals surface area contributed by atoms with Crippen LogP contribution in [-0.2, 0) is 6.54 Å². The van der Waals surface area contributed by atoms with Crippen LogP contribution in [0.1, 0.15) is 35.9 Å². The minimum Gasteiger partial charge on any atom is -0.453 e. The molecule has 2 aromatic rings. The monoisotopic (exact) mass is 283 g/mol. The lowest BCUT2D eigenvalue weighted by Crippen LogP contribution is -2.33. The Morgan fingerprint density at radius 3 is 3.00 bits per heavy atom. The van der Waals surface area contributed by atoms with Crippen LogP contribution in [0.2, 0.25) is 0 Å². The number of benzene rings is 1. The molecule has 1 fully saturated rings. The number of furan rings is 1. The van der Waals surface area contributed by atoms with Gasteiger partial charge in [0.05, 0.1) is 0 Å². The molecule has 21 heavy (non-hydrogen) atoms. The van der Waals surface area contributed by atoms with Gasteiger partial charge in [0.25, 0.3) is 0 Å². The van der Waals surface area contributed by atoms with Crippen molar-refractivity contribution in [3.05, 3.63) is 47.7 Å². The third kappa shape index (κ3) is 3.42. The summed E-state index contributed by atoms with van der Waals surface area (Å²) in [7, 11) is 0. The van der Waals surface area contributed by atoms with Crippen molar-refractivity contribution >= 4 is 6.29 Å². The lowest BCUT2D eigenvalue weighted by Gasteiger charge is -2.30. The first-order chi connectivity index (χ1) is 10.2. The van der Waals surface area contributed by atoms with E-state index in [2.05, 4.69) is 30.0 Å². The number of aldehydes is 1. The van der Waals surface area contributed by atoms with Gasteiger partial charge in [-0.1, -0.05) is 25.1 Å². The lowest BCUT2D eigenvalue weighted by atomic mass is 9.99. The van der Waals surface area contributed by atoms with Gasteiger partial charge in [-0.15, -0.1) is 0 Å². The van der Waals surface area contributed by atoms with Crippen molar-refractivity contribution in [1.29, 1.82) is 0 Å². The lowest BCUT2D eigenvalue weighted by molar-refractivity contribution is 0.110. The van der Waals surface area contributed by atoms with Crippen molar-refractivity contribution in [3.63, 3.8) is 0 Å². The Morgan fingerprint density at radius 2 is 2.24 bits per heavy atom. The average Bonchev–Trinajstić information content (AvgIpc) is 2.96. The number of hydrogen-bond acceptors (Lipinski definition) is 3.